The number of likely N-dealkylation sites (N-methyl/N-ethyl adjacent to an activating group) is 1. The van der Waals surface area contributed by atoms with Crippen LogP contribution in [0.5, 0.6) is 5.75 Å². The van der Waals surface area contributed by atoms with E-state index >= 15 is 0 Å². The van der Waals surface area contributed by atoms with E-state index < -0.39 is 18.3 Å². The van der Waals surface area contributed by atoms with Gasteiger partial charge in [-0.2, -0.15) is 0 Å². The lowest BCUT2D eigenvalue weighted by Gasteiger charge is -2.32. The molecule has 120 valence electrons. The molecule has 2 aliphatic rings. The van der Waals surface area contributed by atoms with E-state index in [0.717, 1.165) is 18.8 Å². The molecule has 2 heterocycles. The highest BCUT2D eigenvalue weighted by Crippen LogP contribution is 2.38. The molecule has 22 heavy (non-hydrogen) atoms. The van der Waals surface area contributed by atoms with Crippen molar-refractivity contribution in [2.75, 3.05) is 24.6 Å². The van der Waals surface area contributed by atoms with Crippen molar-refractivity contribution in [3.63, 3.8) is 0 Å². The summed E-state index contributed by atoms with van der Waals surface area (Å²) in [4.78, 5) is 2.11. The Morgan fingerprint density at radius 1 is 1.18 bits per heavy atom. The van der Waals surface area contributed by atoms with Crippen molar-refractivity contribution in [2.24, 2.45) is 0 Å². The number of halogens is 1. The largest absolute Gasteiger partial charge is 0.495 e. The number of hydrogen-bond donors (Lipinski definition) is 0. The van der Waals surface area contributed by atoms with Crippen LogP contribution in [-0.4, -0.2) is 38.0 Å². The minimum absolute atomic E-state index is 0.327. The first-order valence-corrected chi connectivity index (χ1v) is 7.82. The van der Waals surface area contributed by atoms with E-state index in [1.807, 2.05) is 33.8 Å². The molecule has 2 aliphatic heterocycles. The third kappa shape index (κ3) is 2.38. The van der Waals surface area contributed by atoms with E-state index in [2.05, 4.69) is 11.8 Å². The van der Waals surface area contributed by atoms with Gasteiger partial charge < -0.3 is 18.9 Å². The summed E-state index contributed by atoms with van der Waals surface area (Å²) in [7, 11) is -0.564. The van der Waals surface area contributed by atoms with Gasteiger partial charge in [-0.05, 0) is 52.2 Å². The molecule has 1 aromatic carbocycles. The van der Waals surface area contributed by atoms with E-state index in [4.69, 9.17) is 14.0 Å². The standard InChI is InChI=1S/C16H23BFNO3/c1-6-19-7-8-20-14-12(18)9-11(10-13(14)19)17-21-15(2,3)16(4,5)22-17/h9-10H,6-8H2,1-5H3. The molecule has 0 unspecified atom stereocenters. The number of hydrogen-bond acceptors (Lipinski definition) is 4. The Morgan fingerprint density at radius 3 is 2.41 bits per heavy atom. The number of benzene rings is 1. The van der Waals surface area contributed by atoms with Crippen LogP contribution < -0.4 is 15.1 Å². The highest BCUT2D eigenvalue weighted by Gasteiger charge is 2.52. The maximum Gasteiger partial charge on any atom is 0.495 e. The molecule has 0 saturated carbocycles. The fraction of sp³-hybridized carbons (Fsp3) is 0.625. The molecule has 1 fully saturated rings. The van der Waals surface area contributed by atoms with Gasteiger partial charge in [-0.3, -0.25) is 0 Å². The van der Waals surface area contributed by atoms with E-state index in [0.29, 0.717) is 17.8 Å². The van der Waals surface area contributed by atoms with Crippen LogP contribution in [0.1, 0.15) is 34.6 Å². The zero-order valence-corrected chi connectivity index (χ0v) is 13.9. The average molecular weight is 307 g/mol. The van der Waals surface area contributed by atoms with Crippen molar-refractivity contribution in [3.8, 4) is 5.75 Å². The van der Waals surface area contributed by atoms with Crippen molar-refractivity contribution >= 4 is 18.3 Å². The van der Waals surface area contributed by atoms with Gasteiger partial charge in [-0.15, -0.1) is 0 Å². The minimum atomic E-state index is -0.564. The molecule has 3 rings (SSSR count). The second-order valence-electron chi connectivity index (χ2n) is 6.87. The fourth-order valence-electron chi connectivity index (χ4n) is 2.80. The molecule has 1 aromatic rings. The first kappa shape index (κ1) is 15.6. The summed E-state index contributed by atoms with van der Waals surface area (Å²) in [6.07, 6.45) is 0. The second kappa shape index (κ2) is 5.13. The summed E-state index contributed by atoms with van der Waals surface area (Å²) in [5.41, 5.74) is 0.591. The van der Waals surface area contributed by atoms with Gasteiger partial charge in [-0.25, -0.2) is 4.39 Å². The van der Waals surface area contributed by atoms with E-state index in [1.54, 1.807) is 0 Å². The van der Waals surface area contributed by atoms with E-state index in [1.165, 1.54) is 6.07 Å². The Labute approximate surface area is 131 Å². The summed E-state index contributed by atoms with van der Waals surface area (Å²) in [6, 6.07) is 3.38. The van der Waals surface area contributed by atoms with Crippen LogP contribution in [0.3, 0.4) is 0 Å². The van der Waals surface area contributed by atoms with Crippen LogP contribution in [0.15, 0.2) is 12.1 Å². The van der Waals surface area contributed by atoms with Crippen LogP contribution in [0, 0.1) is 5.82 Å². The number of rotatable bonds is 2. The molecule has 0 atom stereocenters. The first-order chi connectivity index (χ1) is 10.2. The van der Waals surface area contributed by atoms with Gasteiger partial charge in [0.05, 0.1) is 23.4 Å². The summed E-state index contributed by atoms with van der Waals surface area (Å²) < 4.78 is 31.9. The number of fused-ring (bicyclic) bond motifs is 1. The van der Waals surface area contributed by atoms with Gasteiger partial charge in [0.2, 0.25) is 0 Å². The lowest BCUT2D eigenvalue weighted by molar-refractivity contribution is 0.00578. The average Bonchev–Trinajstić information content (AvgIpc) is 2.67. The lowest BCUT2D eigenvalue weighted by Crippen LogP contribution is -2.41. The highest BCUT2D eigenvalue weighted by molar-refractivity contribution is 6.62. The van der Waals surface area contributed by atoms with Crippen LogP contribution >= 0.6 is 0 Å². The van der Waals surface area contributed by atoms with Gasteiger partial charge in [-0.1, -0.05) is 0 Å². The lowest BCUT2D eigenvalue weighted by atomic mass is 9.78. The van der Waals surface area contributed by atoms with E-state index in [9.17, 15) is 4.39 Å². The van der Waals surface area contributed by atoms with Crippen LogP contribution in [0.25, 0.3) is 0 Å². The quantitative estimate of drug-likeness (QED) is 0.785. The molecule has 1 saturated heterocycles. The first-order valence-electron chi connectivity index (χ1n) is 7.82. The van der Waals surface area contributed by atoms with Crippen LogP contribution in [0.2, 0.25) is 0 Å². The third-order valence-corrected chi connectivity index (χ3v) is 4.90. The third-order valence-electron chi connectivity index (χ3n) is 4.90. The molecule has 0 spiro atoms. The van der Waals surface area contributed by atoms with Gasteiger partial charge >= 0.3 is 7.12 Å². The van der Waals surface area contributed by atoms with Crippen molar-refractivity contribution in [1.82, 2.24) is 0 Å². The van der Waals surface area contributed by atoms with Crippen LogP contribution in [-0.2, 0) is 9.31 Å². The predicted octanol–water partition coefficient (Wildman–Crippen LogP) is 2.34. The Balaban J connectivity index is 1.98. The minimum Gasteiger partial charge on any atom is -0.486 e. The van der Waals surface area contributed by atoms with Crippen LogP contribution in [0.4, 0.5) is 10.1 Å². The molecule has 0 aliphatic carbocycles. The molecular formula is C16H23BFNO3. The number of nitrogens with zero attached hydrogens (tertiary/aromatic N) is 1. The second-order valence-corrected chi connectivity index (χ2v) is 6.87. The summed E-state index contributed by atoms with van der Waals surface area (Å²) in [5.74, 6) is -0.0336. The number of ether oxygens (including phenoxy) is 1. The van der Waals surface area contributed by atoms with Crippen molar-refractivity contribution < 1.29 is 18.4 Å². The van der Waals surface area contributed by atoms with Crippen molar-refractivity contribution in [1.29, 1.82) is 0 Å². The van der Waals surface area contributed by atoms with Gasteiger partial charge in [0.15, 0.2) is 11.6 Å². The Morgan fingerprint density at radius 2 is 1.82 bits per heavy atom. The monoisotopic (exact) mass is 307 g/mol. The molecule has 6 heteroatoms. The molecule has 0 amide bonds. The molecule has 0 radical (unpaired) electrons. The molecular weight excluding hydrogens is 284 g/mol. The molecule has 4 nitrogen and oxygen atoms in total. The van der Waals surface area contributed by atoms with Gasteiger partial charge in [0.25, 0.3) is 0 Å². The molecule has 0 bridgehead atoms. The predicted molar refractivity (Wildman–Crippen MR) is 85.5 cm³/mol. The SMILES string of the molecule is CCN1CCOc2c(F)cc(B3OC(C)(C)C(C)(C)O3)cc21. The molecule has 0 N–H and O–H groups in total. The Bertz CT molecular complexity index is 575. The zero-order valence-electron chi connectivity index (χ0n) is 13.9. The summed E-state index contributed by atoms with van der Waals surface area (Å²) >= 11 is 0. The maximum atomic E-state index is 14.4. The normalized spacial score (nSPS) is 22.5. The smallest absolute Gasteiger partial charge is 0.486 e. The van der Waals surface area contributed by atoms with E-state index in [-0.39, 0.29) is 5.82 Å². The number of anilines is 1. The van der Waals surface area contributed by atoms with Gasteiger partial charge in [0, 0.05) is 6.54 Å². The molecule has 0 aromatic heterocycles. The zero-order chi connectivity index (χ0) is 16.1. The van der Waals surface area contributed by atoms with Gasteiger partial charge in [0.1, 0.15) is 6.61 Å². The fourth-order valence-corrected chi connectivity index (χ4v) is 2.80. The Hall–Kier alpha value is -1.27. The van der Waals surface area contributed by atoms with Crippen molar-refractivity contribution in [2.45, 2.75) is 45.8 Å². The topological polar surface area (TPSA) is 30.9 Å². The van der Waals surface area contributed by atoms with Crippen molar-refractivity contribution in [3.05, 3.63) is 17.9 Å². The highest BCUT2D eigenvalue weighted by atomic mass is 19.1. The maximum absolute atomic E-state index is 14.4. The Kier molecular flexibility index (Phi) is 3.65. The summed E-state index contributed by atoms with van der Waals surface area (Å²) in [5, 5.41) is 0. The summed E-state index contributed by atoms with van der Waals surface area (Å²) in [6.45, 7) is 12.1.